The van der Waals surface area contributed by atoms with Gasteiger partial charge in [0.25, 0.3) is 0 Å². The molecule has 33 heavy (non-hydrogen) atoms. The number of hydrogen-bond acceptors (Lipinski definition) is 3. The number of Topliss-reactive ketones (excluding diaryl/α,β-unsaturated/α-hetero) is 2. The second kappa shape index (κ2) is 14.2. The van der Waals surface area contributed by atoms with Gasteiger partial charge in [-0.3, -0.25) is 9.59 Å². The molecule has 0 saturated carbocycles. The highest BCUT2D eigenvalue weighted by Gasteiger charge is 2.30. The van der Waals surface area contributed by atoms with Crippen LogP contribution in [0.25, 0.3) is 0 Å². The summed E-state index contributed by atoms with van der Waals surface area (Å²) in [6.07, 6.45) is 12.8. The molecule has 1 aliphatic carbocycles. The van der Waals surface area contributed by atoms with Gasteiger partial charge in [-0.15, -0.1) is 0 Å². The third kappa shape index (κ3) is 9.89. The van der Waals surface area contributed by atoms with E-state index in [2.05, 4.69) is 34.6 Å². The van der Waals surface area contributed by atoms with E-state index in [1.165, 1.54) is 44.9 Å². The standard InChI is InChI=1S/C30H52O3/c1-21(2)13-10-14-22(3)15-11-16-23(4)17-12-19-30(8,33-9)20-18-27-26(7)28(31)24(5)25(6)29(27)32/h21-23H,10-20H2,1-9H3/t22-,23+,30+/m1/s1. The van der Waals surface area contributed by atoms with E-state index in [0.717, 1.165) is 37.0 Å². The summed E-state index contributed by atoms with van der Waals surface area (Å²) in [5, 5.41) is 0. The van der Waals surface area contributed by atoms with Gasteiger partial charge in [0.05, 0.1) is 5.60 Å². The van der Waals surface area contributed by atoms with Crippen molar-refractivity contribution in [3.63, 3.8) is 0 Å². The van der Waals surface area contributed by atoms with Crippen LogP contribution in [0, 0.1) is 17.8 Å². The summed E-state index contributed by atoms with van der Waals surface area (Å²) in [4.78, 5) is 25.2. The van der Waals surface area contributed by atoms with Crippen molar-refractivity contribution in [1.29, 1.82) is 0 Å². The minimum Gasteiger partial charge on any atom is -0.379 e. The molecule has 0 aromatic carbocycles. The molecular weight excluding hydrogens is 408 g/mol. The van der Waals surface area contributed by atoms with Gasteiger partial charge in [0.2, 0.25) is 0 Å². The molecule has 3 heteroatoms. The lowest BCUT2D eigenvalue weighted by molar-refractivity contribution is -0.116. The van der Waals surface area contributed by atoms with Crippen molar-refractivity contribution in [3.8, 4) is 0 Å². The van der Waals surface area contributed by atoms with Crippen molar-refractivity contribution in [3.05, 3.63) is 22.3 Å². The fourth-order valence-corrected chi connectivity index (χ4v) is 4.98. The van der Waals surface area contributed by atoms with Crippen LogP contribution in [0.15, 0.2) is 22.3 Å². The summed E-state index contributed by atoms with van der Waals surface area (Å²) in [7, 11) is 1.77. The van der Waals surface area contributed by atoms with Crippen LogP contribution in [0.3, 0.4) is 0 Å². The van der Waals surface area contributed by atoms with Gasteiger partial charge in [-0.2, -0.15) is 0 Å². The van der Waals surface area contributed by atoms with Gasteiger partial charge < -0.3 is 4.74 Å². The molecule has 0 heterocycles. The molecule has 0 N–H and O–H groups in total. The van der Waals surface area contributed by atoms with Crippen molar-refractivity contribution in [1.82, 2.24) is 0 Å². The maximum absolute atomic E-state index is 12.7. The molecule has 0 aliphatic heterocycles. The van der Waals surface area contributed by atoms with Crippen molar-refractivity contribution >= 4 is 11.6 Å². The smallest absolute Gasteiger partial charge is 0.185 e. The number of allylic oxidation sites excluding steroid dienone is 4. The normalized spacial score (nSPS) is 18.8. The van der Waals surface area contributed by atoms with Crippen molar-refractivity contribution in [2.45, 2.75) is 132 Å². The zero-order chi connectivity index (χ0) is 25.2. The van der Waals surface area contributed by atoms with Gasteiger partial charge in [0, 0.05) is 29.4 Å². The van der Waals surface area contributed by atoms with Gasteiger partial charge in [-0.05, 0) is 64.7 Å². The predicted molar refractivity (Wildman–Crippen MR) is 140 cm³/mol. The Morgan fingerprint density at radius 3 is 1.70 bits per heavy atom. The molecule has 1 rings (SSSR count). The Kier molecular flexibility index (Phi) is 12.9. The first kappa shape index (κ1) is 29.8. The molecule has 0 aromatic heterocycles. The summed E-state index contributed by atoms with van der Waals surface area (Å²) in [5.74, 6) is 2.47. The van der Waals surface area contributed by atoms with E-state index in [1.54, 1.807) is 27.9 Å². The number of hydrogen-bond donors (Lipinski definition) is 0. The van der Waals surface area contributed by atoms with E-state index in [9.17, 15) is 9.59 Å². The topological polar surface area (TPSA) is 43.4 Å². The first-order valence-electron chi connectivity index (χ1n) is 13.4. The Morgan fingerprint density at radius 2 is 1.18 bits per heavy atom. The molecule has 0 fully saturated rings. The van der Waals surface area contributed by atoms with E-state index >= 15 is 0 Å². The van der Waals surface area contributed by atoms with E-state index in [0.29, 0.717) is 28.7 Å². The number of rotatable bonds is 16. The molecule has 0 unspecified atom stereocenters. The van der Waals surface area contributed by atoms with E-state index in [-0.39, 0.29) is 17.2 Å². The molecule has 190 valence electrons. The SMILES string of the molecule is CO[C@@](C)(CCC[C@@H](C)CCC[C@H](C)CCCC(C)C)CCC1=C(C)C(=O)C(C)=C(C)C1=O. The van der Waals surface area contributed by atoms with Gasteiger partial charge in [-0.1, -0.05) is 79.1 Å². The van der Waals surface area contributed by atoms with Gasteiger partial charge in [0.15, 0.2) is 11.6 Å². The maximum atomic E-state index is 12.7. The van der Waals surface area contributed by atoms with Crippen molar-refractivity contribution in [2.75, 3.05) is 7.11 Å². The number of carbonyl (C=O) groups excluding carboxylic acids is 2. The van der Waals surface area contributed by atoms with Gasteiger partial charge in [0.1, 0.15) is 0 Å². The summed E-state index contributed by atoms with van der Waals surface area (Å²) in [6, 6.07) is 0. The fourth-order valence-electron chi connectivity index (χ4n) is 4.98. The number of methoxy groups -OCH3 is 1. The average Bonchev–Trinajstić information content (AvgIpc) is 2.76. The molecule has 0 spiro atoms. The minimum absolute atomic E-state index is 0.0179. The number of carbonyl (C=O) groups is 2. The van der Waals surface area contributed by atoms with Crippen LogP contribution in [0.5, 0.6) is 0 Å². The highest BCUT2D eigenvalue weighted by atomic mass is 16.5. The van der Waals surface area contributed by atoms with E-state index < -0.39 is 0 Å². The van der Waals surface area contributed by atoms with E-state index in [1.807, 2.05) is 0 Å². The molecule has 0 bridgehead atoms. The number of ether oxygens (including phenoxy) is 1. The van der Waals surface area contributed by atoms with E-state index in [4.69, 9.17) is 4.74 Å². The quantitative estimate of drug-likeness (QED) is 0.217. The third-order valence-electron chi connectivity index (χ3n) is 7.98. The molecule has 3 atom stereocenters. The average molecular weight is 461 g/mol. The monoisotopic (exact) mass is 460 g/mol. The summed E-state index contributed by atoms with van der Waals surface area (Å²) >= 11 is 0. The van der Waals surface area contributed by atoms with Gasteiger partial charge >= 0.3 is 0 Å². The Labute approximate surface area is 204 Å². The highest BCUT2D eigenvalue weighted by Crippen LogP contribution is 2.32. The van der Waals surface area contributed by atoms with Crippen LogP contribution < -0.4 is 0 Å². The second-order valence-electron chi connectivity index (χ2n) is 11.5. The van der Waals surface area contributed by atoms with Crippen molar-refractivity contribution < 1.29 is 14.3 Å². The fraction of sp³-hybridized carbons (Fsp3) is 0.800. The summed E-state index contributed by atoms with van der Waals surface area (Å²) in [5.41, 5.74) is 2.24. The van der Waals surface area contributed by atoms with Crippen LogP contribution in [0.1, 0.15) is 126 Å². The maximum Gasteiger partial charge on any atom is 0.185 e. The van der Waals surface area contributed by atoms with Crippen LogP contribution in [-0.4, -0.2) is 24.3 Å². The van der Waals surface area contributed by atoms with Gasteiger partial charge in [-0.25, -0.2) is 0 Å². The third-order valence-corrected chi connectivity index (χ3v) is 7.98. The highest BCUT2D eigenvalue weighted by molar-refractivity contribution is 6.24. The van der Waals surface area contributed by atoms with Crippen LogP contribution in [0.2, 0.25) is 0 Å². The largest absolute Gasteiger partial charge is 0.379 e. The molecule has 1 aliphatic rings. The Morgan fingerprint density at radius 1 is 0.697 bits per heavy atom. The zero-order valence-electron chi connectivity index (χ0n) is 23.2. The summed E-state index contributed by atoms with van der Waals surface area (Å²) < 4.78 is 5.89. The Hall–Kier alpha value is -1.22. The Balaban J connectivity index is 2.40. The van der Waals surface area contributed by atoms with Crippen LogP contribution in [-0.2, 0) is 14.3 Å². The lowest BCUT2D eigenvalue weighted by Crippen LogP contribution is -2.29. The minimum atomic E-state index is -0.259. The molecule has 0 radical (unpaired) electrons. The molecule has 0 amide bonds. The Bertz CT molecular complexity index is 712. The lowest BCUT2D eigenvalue weighted by atomic mass is 9.81. The molecule has 3 nitrogen and oxygen atoms in total. The molecular formula is C30H52O3. The lowest BCUT2D eigenvalue weighted by Gasteiger charge is -2.30. The van der Waals surface area contributed by atoms with Crippen LogP contribution >= 0.6 is 0 Å². The molecule has 0 aromatic rings. The number of ketones is 2. The first-order valence-corrected chi connectivity index (χ1v) is 13.4. The summed E-state index contributed by atoms with van der Waals surface area (Å²) in [6.45, 7) is 16.9. The second-order valence-corrected chi connectivity index (χ2v) is 11.5. The molecule has 0 saturated heterocycles. The first-order chi connectivity index (χ1) is 15.4. The van der Waals surface area contributed by atoms with Crippen LogP contribution in [0.4, 0.5) is 0 Å². The van der Waals surface area contributed by atoms with Crippen molar-refractivity contribution in [2.24, 2.45) is 17.8 Å². The zero-order valence-corrected chi connectivity index (χ0v) is 23.2. The predicted octanol–water partition coefficient (Wildman–Crippen LogP) is 8.42.